The number of hydrogen-bond acceptors (Lipinski definition) is 6. The first-order chi connectivity index (χ1) is 11.2. The van der Waals surface area contributed by atoms with Gasteiger partial charge in [0.2, 0.25) is 0 Å². The van der Waals surface area contributed by atoms with Gasteiger partial charge < -0.3 is 4.74 Å². The molecule has 1 amide bonds. The number of rotatable bonds is 6. The molecule has 11 heteroatoms. The number of aromatic nitrogens is 1. The molecular formula is C13H14BrN3O5S2. The normalized spacial score (nSPS) is 11.3. The molecule has 0 spiro atoms. The van der Waals surface area contributed by atoms with Crippen molar-refractivity contribution in [1.82, 2.24) is 14.8 Å². The van der Waals surface area contributed by atoms with Crippen LogP contribution >= 0.6 is 27.3 Å². The number of hydrogen-bond donors (Lipinski definition) is 2. The number of thiazole rings is 1. The second-order valence-electron chi connectivity index (χ2n) is 4.68. The van der Waals surface area contributed by atoms with Crippen molar-refractivity contribution in [3.05, 3.63) is 43.4 Å². The van der Waals surface area contributed by atoms with Gasteiger partial charge in [0.15, 0.2) is 0 Å². The maximum Gasteiger partial charge on any atom is 0.307 e. The molecule has 0 atom stereocenters. The van der Waals surface area contributed by atoms with Crippen LogP contribution in [0.25, 0.3) is 0 Å². The summed E-state index contributed by atoms with van der Waals surface area (Å²) in [6, 6.07) is 4.46. The molecule has 0 unspecified atom stereocenters. The van der Waals surface area contributed by atoms with Gasteiger partial charge in [-0.1, -0.05) is 27.3 Å². The Morgan fingerprint density at radius 3 is 2.71 bits per heavy atom. The average Bonchev–Trinajstić information content (AvgIpc) is 2.85. The third-order valence-corrected chi connectivity index (χ3v) is 5.66. The molecule has 1 aromatic carbocycles. The highest BCUT2D eigenvalue weighted by Gasteiger charge is 2.21. The van der Waals surface area contributed by atoms with Crippen LogP contribution in [-0.2, 0) is 21.4 Å². The van der Waals surface area contributed by atoms with Crippen LogP contribution in [0.5, 0.6) is 5.75 Å². The topological polar surface area (TPSA) is 106 Å². The Balaban J connectivity index is 2.12. The zero-order chi connectivity index (χ0) is 17.9. The minimum Gasteiger partial charge on any atom is -0.495 e. The highest BCUT2D eigenvalue weighted by Crippen LogP contribution is 2.26. The van der Waals surface area contributed by atoms with Crippen LogP contribution in [0.3, 0.4) is 0 Å². The quantitative estimate of drug-likeness (QED) is 0.658. The molecular weight excluding hydrogens is 422 g/mol. The van der Waals surface area contributed by atoms with E-state index in [1.165, 1.54) is 23.8 Å². The van der Waals surface area contributed by atoms with E-state index in [4.69, 9.17) is 4.74 Å². The van der Waals surface area contributed by atoms with Crippen LogP contribution in [0, 0.1) is 6.92 Å². The number of carbonyl (C=O) groups is 1. The zero-order valence-electron chi connectivity index (χ0n) is 12.7. The molecule has 0 fully saturated rings. The Bertz CT molecular complexity index is 920. The van der Waals surface area contributed by atoms with Crippen molar-refractivity contribution in [3.63, 3.8) is 0 Å². The van der Waals surface area contributed by atoms with Crippen LogP contribution < -0.4 is 19.9 Å². The van der Waals surface area contributed by atoms with Gasteiger partial charge in [0, 0.05) is 15.5 Å². The highest BCUT2D eigenvalue weighted by atomic mass is 79.9. The molecule has 1 aromatic heterocycles. The number of methoxy groups -OCH3 is 1. The number of hydrazine groups is 1. The lowest BCUT2D eigenvalue weighted by Crippen LogP contribution is -2.44. The number of benzene rings is 1. The average molecular weight is 436 g/mol. The summed E-state index contributed by atoms with van der Waals surface area (Å²) in [7, 11) is -2.70. The van der Waals surface area contributed by atoms with E-state index in [0.29, 0.717) is 10.2 Å². The molecule has 0 radical (unpaired) electrons. The van der Waals surface area contributed by atoms with Crippen LogP contribution in [0.15, 0.2) is 37.7 Å². The number of sulfonamides is 1. The number of aryl methyl sites for hydroxylation is 1. The first-order valence-electron chi connectivity index (χ1n) is 6.53. The standard InChI is InChI=1S/C13H14BrN3O5S2/c1-8-7-23-13(19)17(8)6-12(18)15-16-24(20,21)11-5-9(14)3-4-10(11)22-2/h3-5,7,16H,6H2,1-2H3,(H,15,18). The maximum atomic E-state index is 12.3. The largest absolute Gasteiger partial charge is 0.495 e. The second-order valence-corrected chi connectivity index (χ2v) is 8.07. The van der Waals surface area contributed by atoms with E-state index >= 15 is 0 Å². The zero-order valence-corrected chi connectivity index (χ0v) is 15.9. The number of amides is 1. The van der Waals surface area contributed by atoms with E-state index in [2.05, 4.69) is 21.4 Å². The van der Waals surface area contributed by atoms with Crippen LogP contribution in [0.1, 0.15) is 5.69 Å². The van der Waals surface area contributed by atoms with Gasteiger partial charge in [-0.2, -0.15) is 0 Å². The van der Waals surface area contributed by atoms with Gasteiger partial charge in [-0.25, -0.2) is 8.42 Å². The molecule has 0 aliphatic carbocycles. The Morgan fingerprint density at radius 2 is 2.12 bits per heavy atom. The summed E-state index contributed by atoms with van der Waals surface area (Å²) >= 11 is 4.15. The molecule has 0 saturated carbocycles. The van der Waals surface area contributed by atoms with Gasteiger partial charge >= 0.3 is 4.87 Å². The van der Waals surface area contributed by atoms with E-state index in [1.54, 1.807) is 18.4 Å². The number of carbonyl (C=O) groups excluding carboxylic acids is 1. The molecule has 2 N–H and O–H groups in total. The summed E-state index contributed by atoms with van der Waals surface area (Å²) in [5, 5.41) is 1.62. The van der Waals surface area contributed by atoms with Crippen molar-refractivity contribution in [2.45, 2.75) is 18.4 Å². The summed E-state index contributed by atoms with van der Waals surface area (Å²) in [6.45, 7) is 1.40. The van der Waals surface area contributed by atoms with Crippen molar-refractivity contribution in [2.24, 2.45) is 0 Å². The monoisotopic (exact) mass is 435 g/mol. The van der Waals surface area contributed by atoms with E-state index in [0.717, 1.165) is 11.3 Å². The summed E-state index contributed by atoms with van der Waals surface area (Å²) in [4.78, 5) is 25.0. The minimum absolute atomic E-state index is 0.129. The predicted molar refractivity (Wildman–Crippen MR) is 92.5 cm³/mol. The summed E-state index contributed by atoms with van der Waals surface area (Å²) in [6.07, 6.45) is 0. The maximum absolute atomic E-state index is 12.3. The first kappa shape index (κ1) is 18.6. The Kier molecular flexibility index (Phi) is 5.80. The molecule has 130 valence electrons. The molecule has 0 bridgehead atoms. The molecule has 8 nitrogen and oxygen atoms in total. The van der Waals surface area contributed by atoms with Crippen molar-refractivity contribution < 1.29 is 17.9 Å². The first-order valence-corrected chi connectivity index (χ1v) is 9.69. The summed E-state index contributed by atoms with van der Waals surface area (Å²) < 4.78 is 31.4. The van der Waals surface area contributed by atoms with Crippen molar-refractivity contribution in [3.8, 4) is 5.75 Å². The van der Waals surface area contributed by atoms with Gasteiger partial charge in [-0.05, 0) is 25.1 Å². The smallest absolute Gasteiger partial charge is 0.307 e. The second kappa shape index (κ2) is 7.47. The SMILES string of the molecule is COc1ccc(Br)cc1S(=O)(=O)NNC(=O)Cn1c(C)csc1=O. The van der Waals surface area contributed by atoms with E-state index in [1.807, 2.05) is 4.83 Å². The van der Waals surface area contributed by atoms with Crippen molar-refractivity contribution >= 4 is 43.2 Å². The predicted octanol–water partition coefficient (Wildman–Crippen LogP) is 0.999. The number of nitrogens with one attached hydrogen (secondary N) is 2. The molecule has 24 heavy (non-hydrogen) atoms. The fraction of sp³-hybridized carbons (Fsp3) is 0.231. The fourth-order valence-electron chi connectivity index (χ4n) is 1.82. The number of nitrogens with zero attached hydrogens (tertiary/aromatic N) is 1. The third kappa shape index (κ3) is 4.23. The Morgan fingerprint density at radius 1 is 1.42 bits per heavy atom. The van der Waals surface area contributed by atoms with Gasteiger partial charge in [0.25, 0.3) is 15.9 Å². The number of halogens is 1. The van der Waals surface area contributed by atoms with E-state index in [9.17, 15) is 18.0 Å². The van der Waals surface area contributed by atoms with Gasteiger partial charge in [0.1, 0.15) is 17.2 Å². The Hall–Kier alpha value is -1.69. The molecule has 1 heterocycles. The lowest BCUT2D eigenvalue weighted by molar-refractivity contribution is -0.122. The molecule has 2 rings (SSSR count). The van der Waals surface area contributed by atoms with Crippen LogP contribution in [0.2, 0.25) is 0 Å². The lowest BCUT2D eigenvalue weighted by Gasteiger charge is -2.12. The summed E-state index contributed by atoms with van der Waals surface area (Å²) in [5.74, 6) is -0.541. The molecule has 0 saturated heterocycles. The van der Waals surface area contributed by atoms with Gasteiger partial charge in [0.05, 0.1) is 7.11 Å². The fourth-order valence-corrected chi connectivity index (χ4v) is 4.12. The molecule has 0 aliphatic rings. The van der Waals surface area contributed by atoms with Gasteiger partial charge in [-0.15, -0.1) is 4.83 Å². The van der Waals surface area contributed by atoms with Crippen LogP contribution in [-0.4, -0.2) is 26.0 Å². The van der Waals surface area contributed by atoms with Gasteiger partial charge in [-0.3, -0.25) is 19.6 Å². The Labute approximate surface area is 150 Å². The lowest BCUT2D eigenvalue weighted by atomic mass is 10.3. The summed E-state index contributed by atoms with van der Waals surface area (Å²) in [5.41, 5.74) is 2.70. The third-order valence-electron chi connectivity index (χ3n) is 3.02. The highest BCUT2D eigenvalue weighted by molar-refractivity contribution is 9.10. The van der Waals surface area contributed by atoms with Crippen LogP contribution in [0.4, 0.5) is 0 Å². The van der Waals surface area contributed by atoms with E-state index < -0.39 is 15.9 Å². The van der Waals surface area contributed by atoms with Crippen molar-refractivity contribution in [2.75, 3.05) is 7.11 Å². The van der Waals surface area contributed by atoms with Crippen molar-refractivity contribution in [1.29, 1.82) is 0 Å². The molecule has 0 aliphatic heterocycles. The van der Waals surface area contributed by atoms with E-state index in [-0.39, 0.29) is 22.1 Å². The minimum atomic E-state index is -4.04. The number of ether oxygens (including phenoxy) is 1. The molecule has 2 aromatic rings.